The van der Waals surface area contributed by atoms with E-state index in [0.717, 1.165) is 52.1 Å². The van der Waals surface area contributed by atoms with Crippen molar-refractivity contribution >= 4 is 32.9 Å². The number of hydrogen-bond acceptors (Lipinski definition) is 5. The molecule has 0 radical (unpaired) electrons. The number of pyridine rings is 1. The van der Waals surface area contributed by atoms with Crippen LogP contribution in [0.5, 0.6) is 0 Å². The van der Waals surface area contributed by atoms with E-state index in [1.165, 1.54) is 0 Å². The van der Waals surface area contributed by atoms with Crippen molar-refractivity contribution in [3.05, 3.63) is 41.4 Å². The minimum Gasteiger partial charge on any atom is -0.399 e. The van der Waals surface area contributed by atoms with Crippen molar-refractivity contribution in [3.63, 3.8) is 0 Å². The second-order valence-electron chi connectivity index (χ2n) is 5.80. The average Bonchev–Trinajstić information content (AvgIpc) is 3.07. The molecule has 0 aliphatic heterocycles. The van der Waals surface area contributed by atoms with Gasteiger partial charge in [0.1, 0.15) is 5.82 Å². The van der Waals surface area contributed by atoms with E-state index in [9.17, 15) is 0 Å². The third-order valence-electron chi connectivity index (χ3n) is 4.27. The lowest BCUT2D eigenvalue weighted by Gasteiger charge is -2.13. The predicted molar refractivity (Wildman–Crippen MR) is 109 cm³/mol. The normalized spacial score (nSPS) is 10.8. The molecule has 2 aromatic heterocycles. The molecule has 4 N–H and O–H groups in total. The molecule has 1 aromatic carbocycles. The monoisotopic (exact) mass is 350 g/mol. The first-order valence-electron chi connectivity index (χ1n) is 8.36. The Balaban J connectivity index is 2.02. The maximum atomic E-state index is 6.17. The van der Waals surface area contributed by atoms with Gasteiger partial charge in [0, 0.05) is 22.8 Å². The molecule has 25 heavy (non-hydrogen) atoms. The van der Waals surface area contributed by atoms with E-state index >= 15 is 0 Å². The highest BCUT2D eigenvalue weighted by Crippen LogP contribution is 2.38. The number of anilines is 2. The molecule has 0 saturated heterocycles. The lowest BCUT2D eigenvalue weighted by atomic mass is 10.0. The number of nitrogen functional groups attached to an aromatic ring is 2. The average molecular weight is 350 g/mol. The zero-order chi connectivity index (χ0) is 17.8. The molecule has 3 aromatic rings. The van der Waals surface area contributed by atoms with Crippen LogP contribution in [-0.4, -0.2) is 29.5 Å². The zero-order valence-electron chi connectivity index (χ0n) is 14.5. The van der Waals surface area contributed by atoms with Gasteiger partial charge in [-0.2, -0.15) is 0 Å². The number of thiophene rings is 1. The van der Waals surface area contributed by atoms with Crippen LogP contribution in [0.2, 0.25) is 0 Å². The lowest BCUT2D eigenvalue weighted by molar-refractivity contribution is 0.342. The molecule has 0 fully saturated rings. The van der Waals surface area contributed by atoms with Crippen LogP contribution in [0.1, 0.15) is 19.4 Å². The summed E-state index contributed by atoms with van der Waals surface area (Å²) >= 11 is 1.66. The molecule has 2 heterocycles. The van der Waals surface area contributed by atoms with E-state index in [0.29, 0.717) is 5.82 Å². The van der Waals surface area contributed by atoms with E-state index in [1.807, 2.05) is 24.3 Å². The maximum Gasteiger partial charge on any atom is 0.132 e. The van der Waals surface area contributed by atoms with Crippen molar-refractivity contribution in [2.75, 3.05) is 31.1 Å². The van der Waals surface area contributed by atoms with Gasteiger partial charge in [-0.05, 0) is 36.2 Å². The quantitative estimate of drug-likeness (QED) is 0.554. The molecular weight excluding hydrogens is 328 g/mol. The van der Waals surface area contributed by atoms with Crippen LogP contribution in [0.25, 0.3) is 21.2 Å². The first-order valence-corrected chi connectivity index (χ1v) is 9.24. The first kappa shape index (κ1) is 17.3. The summed E-state index contributed by atoms with van der Waals surface area (Å²) in [5.74, 6) is 7.06. The number of fused-ring (bicyclic) bond motifs is 1. The fourth-order valence-corrected chi connectivity index (χ4v) is 3.78. The van der Waals surface area contributed by atoms with E-state index in [-0.39, 0.29) is 0 Å². The fraction of sp³-hybridized carbons (Fsp3) is 0.250. The zero-order valence-corrected chi connectivity index (χ0v) is 15.4. The molecule has 5 heteroatoms. The minimum atomic E-state index is 0.539. The Morgan fingerprint density at radius 3 is 2.52 bits per heavy atom. The van der Waals surface area contributed by atoms with Gasteiger partial charge in [0.2, 0.25) is 0 Å². The molecule has 0 aliphatic rings. The Morgan fingerprint density at radius 2 is 1.84 bits per heavy atom. The van der Waals surface area contributed by atoms with Crippen LogP contribution in [0.3, 0.4) is 0 Å². The predicted octanol–water partition coefficient (Wildman–Crippen LogP) is 3.82. The molecule has 0 atom stereocenters. The Bertz CT molecular complexity index is 928. The van der Waals surface area contributed by atoms with Gasteiger partial charge in [0.05, 0.1) is 16.8 Å². The fourth-order valence-electron chi connectivity index (χ4n) is 2.73. The van der Waals surface area contributed by atoms with E-state index in [1.54, 1.807) is 17.5 Å². The van der Waals surface area contributed by atoms with Crippen LogP contribution in [0.15, 0.2) is 35.8 Å². The van der Waals surface area contributed by atoms with Crippen molar-refractivity contribution in [1.29, 1.82) is 0 Å². The van der Waals surface area contributed by atoms with Gasteiger partial charge in [0.15, 0.2) is 0 Å². The van der Waals surface area contributed by atoms with Gasteiger partial charge in [-0.1, -0.05) is 37.8 Å². The topological polar surface area (TPSA) is 68.2 Å². The summed E-state index contributed by atoms with van der Waals surface area (Å²) in [6, 6.07) is 7.82. The van der Waals surface area contributed by atoms with Gasteiger partial charge in [0.25, 0.3) is 0 Å². The molecule has 0 amide bonds. The number of hydrogen-bond donors (Lipinski definition) is 2. The van der Waals surface area contributed by atoms with E-state index in [2.05, 4.69) is 41.0 Å². The molecule has 0 bridgehead atoms. The Morgan fingerprint density at radius 1 is 1.12 bits per heavy atom. The summed E-state index contributed by atoms with van der Waals surface area (Å²) in [6.07, 6.45) is 1.77. The summed E-state index contributed by atoms with van der Waals surface area (Å²) in [5.41, 5.74) is 15.8. The second-order valence-corrected chi connectivity index (χ2v) is 6.68. The first-order chi connectivity index (χ1) is 12.1. The summed E-state index contributed by atoms with van der Waals surface area (Å²) in [5, 5.41) is 3.09. The molecule has 128 valence electrons. The SMILES string of the molecule is CCN(CC)CC#Cc1cnc(N)c2c(-c3ccc(N)cc3)csc12. The highest BCUT2D eigenvalue weighted by atomic mass is 32.1. The Kier molecular flexibility index (Phi) is 5.22. The minimum absolute atomic E-state index is 0.539. The molecule has 3 rings (SSSR count). The lowest BCUT2D eigenvalue weighted by Crippen LogP contribution is -2.22. The van der Waals surface area contributed by atoms with Crippen LogP contribution < -0.4 is 11.5 Å². The summed E-state index contributed by atoms with van der Waals surface area (Å²) in [7, 11) is 0. The highest BCUT2D eigenvalue weighted by Gasteiger charge is 2.13. The van der Waals surface area contributed by atoms with Gasteiger partial charge in [-0.3, -0.25) is 4.90 Å². The smallest absolute Gasteiger partial charge is 0.132 e. The second kappa shape index (κ2) is 7.56. The van der Waals surface area contributed by atoms with Crippen LogP contribution in [0.4, 0.5) is 11.5 Å². The number of nitrogens with two attached hydrogens (primary N) is 2. The Hall–Kier alpha value is -2.55. The van der Waals surface area contributed by atoms with Crippen molar-refractivity contribution < 1.29 is 0 Å². The molecule has 0 unspecified atom stereocenters. The van der Waals surface area contributed by atoms with Gasteiger partial charge in [-0.15, -0.1) is 11.3 Å². The maximum absolute atomic E-state index is 6.17. The summed E-state index contributed by atoms with van der Waals surface area (Å²) in [4.78, 5) is 6.65. The van der Waals surface area contributed by atoms with Crippen molar-refractivity contribution in [1.82, 2.24) is 9.88 Å². The van der Waals surface area contributed by atoms with Crippen LogP contribution in [-0.2, 0) is 0 Å². The third-order valence-corrected chi connectivity index (χ3v) is 5.28. The van der Waals surface area contributed by atoms with Gasteiger partial charge < -0.3 is 11.5 Å². The van der Waals surface area contributed by atoms with E-state index < -0.39 is 0 Å². The standard InChI is InChI=1S/C20H22N4S/c1-3-24(4-2)11-5-6-15-12-23-20(22)18-17(13-25-19(15)18)14-7-9-16(21)10-8-14/h7-10,12-13H,3-4,11,21H2,1-2H3,(H2,22,23). The van der Waals surface area contributed by atoms with Crippen molar-refractivity contribution in [2.45, 2.75) is 13.8 Å². The van der Waals surface area contributed by atoms with Crippen LogP contribution >= 0.6 is 11.3 Å². The van der Waals surface area contributed by atoms with E-state index in [4.69, 9.17) is 11.5 Å². The molecule has 0 aliphatic carbocycles. The number of benzene rings is 1. The third kappa shape index (κ3) is 3.60. The molecule has 0 spiro atoms. The summed E-state index contributed by atoms with van der Waals surface area (Å²) in [6.45, 7) is 7.05. The van der Waals surface area contributed by atoms with Crippen molar-refractivity contribution in [2.24, 2.45) is 0 Å². The van der Waals surface area contributed by atoms with Crippen LogP contribution in [0, 0.1) is 11.8 Å². The summed E-state index contributed by atoms with van der Waals surface area (Å²) < 4.78 is 1.09. The molecule has 4 nitrogen and oxygen atoms in total. The van der Waals surface area contributed by atoms with Crippen molar-refractivity contribution in [3.8, 4) is 23.0 Å². The number of aromatic nitrogens is 1. The van der Waals surface area contributed by atoms with Gasteiger partial charge >= 0.3 is 0 Å². The molecular formula is C20H22N4S. The molecule has 0 saturated carbocycles. The number of nitrogens with zero attached hydrogens (tertiary/aromatic N) is 2. The van der Waals surface area contributed by atoms with Gasteiger partial charge in [-0.25, -0.2) is 4.98 Å². The highest BCUT2D eigenvalue weighted by molar-refractivity contribution is 7.18. The number of rotatable bonds is 4. The Labute approximate surface area is 152 Å². The largest absolute Gasteiger partial charge is 0.399 e.